The lowest BCUT2D eigenvalue weighted by Gasteiger charge is -2.20. The summed E-state index contributed by atoms with van der Waals surface area (Å²) in [6, 6.07) is -0.0146. The lowest BCUT2D eigenvalue weighted by atomic mass is 9.98. The second-order valence-corrected chi connectivity index (χ2v) is 7.38. The van der Waals surface area contributed by atoms with Crippen molar-refractivity contribution in [1.29, 1.82) is 0 Å². The highest BCUT2D eigenvalue weighted by atomic mass is 32.1. The summed E-state index contributed by atoms with van der Waals surface area (Å²) in [7, 11) is 1.40. The third-order valence-corrected chi connectivity index (χ3v) is 5.42. The molecular weight excluding hydrogens is 334 g/mol. The largest absolute Gasteiger partial charge is 0.398 e. The van der Waals surface area contributed by atoms with Gasteiger partial charge in [-0.2, -0.15) is 0 Å². The van der Waals surface area contributed by atoms with Gasteiger partial charge in [0.15, 0.2) is 16.5 Å². The van der Waals surface area contributed by atoms with Crippen molar-refractivity contribution in [2.24, 2.45) is 5.16 Å². The first-order valence-corrected chi connectivity index (χ1v) is 8.93. The van der Waals surface area contributed by atoms with Crippen molar-refractivity contribution in [3.8, 4) is 0 Å². The van der Waals surface area contributed by atoms with Crippen LogP contribution in [0.2, 0.25) is 0 Å². The van der Waals surface area contributed by atoms with Crippen LogP contribution in [0.5, 0.6) is 0 Å². The molecule has 3 rings (SSSR count). The number of nitrogens with zero attached hydrogens (tertiary/aromatic N) is 2. The molecule has 0 aliphatic heterocycles. The lowest BCUT2D eigenvalue weighted by molar-refractivity contribution is -0.393. The monoisotopic (exact) mass is 352 g/mol. The molecule has 1 atom stereocenters. The number of aromatic nitrogens is 2. The molecule has 2 aromatic heterocycles. The number of aromatic amines is 1. The SMILES string of the molecule is CO/N=C(\C(=O)NC1CCCc2[nH+]c(C)sc21)c1csc(N)n1. The fourth-order valence-electron chi connectivity index (χ4n) is 2.66. The van der Waals surface area contributed by atoms with Gasteiger partial charge in [-0.3, -0.25) is 4.79 Å². The van der Waals surface area contributed by atoms with E-state index in [1.165, 1.54) is 29.0 Å². The number of anilines is 1. The molecule has 0 fully saturated rings. The van der Waals surface area contributed by atoms with E-state index < -0.39 is 0 Å². The van der Waals surface area contributed by atoms with E-state index in [1.54, 1.807) is 16.7 Å². The maximum atomic E-state index is 12.6. The minimum absolute atomic E-state index is 0.0146. The number of thiazole rings is 2. The first-order valence-electron chi connectivity index (χ1n) is 7.23. The molecule has 0 saturated heterocycles. The van der Waals surface area contributed by atoms with Crippen LogP contribution in [-0.4, -0.2) is 23.7 Å². The minimum atomic E-state index is -0.305. The van der Waals surface area contributed by atoms with Crippen LogP contribution in [0.1, 0.15) is 40.2 Å². The Balaban J connectivity index is 1.82. The molecule has 7 nitrogen and oxygen atoms in total. The van der Waals surface area contributed by atoms with Crippen LogP contribution >= 0.6 is 22.7 Å². The van der Waals surface area contributed by atoms with Gasteiger partial charge in [0.25, 0.3) is 5.91 Å². The zero-order valence-corrected chi connectivity index (χ0v) is 14.5. The highest BCUT2D eigenvalue weighted by Crippen LogP contribution is 2.32. The Labute approximate surface area is 141 Å². The molecule has 1 amide bonds. The van der Waals surface area contributed by atoms with Gasteiger partial charge in [-0.1, -0.05) is 16.5 Å². The van der Waals surface area contributed by atoms with E-state index in [0.717, 1.165) is 24.3 Å². The highest BCUT2D eigenvalue weighted by Gasteiger charge is 2.31. The van der Waals surface area contributed by atoms with Gasteiger partial charge in [-0.25, -0.2) is 9.97 Å². The zero-order chi connectivity index (χ0) is 16.4. The third kappa shape index (κ3) is 3.35. The summed E-state index contributed by atoms with van der Waals surface area (Å²) in [5, 5.41) is 10.1. The number of nitrogen functional groups attached to an aromatic ring is 1. The Bertz CT molecular complexity index is 752. The van der Waals surface area contributed by atoms with Crippen molar-refractivity contribution < 1.29 is 14.6 Å². The number of hydrogen-bond acceptors (Lipinski definition) is 7. The van der Waals surface area contributed by atoms with E-state index in [-0.39, 0.29) is 17.7 Å². The maximum Gasteiger partial charge on any atom is 0.276 e. The normalized spacial score (nSPS) is 17.7. The van der Waals surface area contributed by atoms with Crippen LogP contribution in [0.25, 0.3) is 0 Å². The summed E-state index contributed by atoms with van der Waals surface area (Å²) in [4.78, 5) is 26.1. The van der Waals surface area contributed by atoms with Crippen LogP contribution in [0.15, 0.2) is 10.5 Å². The van der Waals surface area contributed by atoms with Gasteiger partial charge in [0.2, 0.25) is 5.01 Å². The van der Waals surface area contributed by atoms with E-state index in [2.05, 4.69) is 20.4 Å². The predicted octanol–water partition coefficient (Wildman–Crippen LogP) is 1.45. The molecular formula is C14H18N5O2S2+. The molecule has 9 heteroatoms. The fraction of sp³-hybridized carbons (Fsp3) is 0.429. The Morgan fingerprint density at radius 1 is 1.61 bits per heavy atom. The molecule has 4 N–H and O–H groups in total. The summed E-state index contributed by atoms with van der Waals surface area (Å²) in [5.41, 5.74) is 7.43. The van der Waals surface area contributed by atoms with Gasteiger partial charge in [0, 0.05) is 18.7 Å². The Hall–Kier alpha value is -2.00. The lowest BCUT2D eigenvalue weighted by Crippen LogP contribution is -2.36. The van der Waals surface area contributed by atoms with Crippen molar-refractivity contribution >= 4 is 39.4 Å². The number of nitrogens with two attached hydrogens (primary N) is 1. The second-order valence-electron chi connectivity index (χ2n) is 5.24. The van der Waals surface area contributed by atoms with Crippen molar-refractivity contribution in [2.75, 3.05) is 12.8 Å². The van der Waals surface area contributed by atoms with Crippen LogP contribution in [0.3, 0.4) is 0 Å². The van der Waals surface area contributed by atoms with Crippen LogP contribution in [0, 0.1) is 6.92 Å². The number of H-pyrrole nitrogens is 1. The van der Waals surface area contributed by atoms with E-state index in [4.69, 9.17) is 10.6 Å². The summed E-state index contributed by atoms with van der Waals surface area (Å²) in [6.45, 7) is 2.04. The average Bonchev–Trinajstić information content (AvgIpc) is 3.10. The van der Waals surface area contributed by atoms with Crippen LogP contribution in [0.4, 0.5) is 5.13 Å². The van der Waals surface area contributed by atoms with Gasteiger partial charge in [0.1, 0.15) is 12.8 Å². The summed E-state index contributed by atoms with van der Waals surface area (Å²) < 4.78 is 0. The predicted molar refractivity (Wildman–Crippen MR) is 89.5 cm³/mol. The van der Waals surface area contributed by atoms with Gasteiger partial charge in [-0.05, 0) is 12.8 Å². The number of aryl methyl sites for hydroxylation is 2. The van der Waals surface area contributed by atoms with Crippen molar-refractivity contribution in [3.05, 3.63) is 26.7 Å². The standard InChI is InChI=1S/C14H17N5O2S2/c1-7-16-8-4-3-5-9(12(8)23-7)17-13(20)11(19-21-2)10-6-22-14(15)18-10/h6,9H,3-5H2,1-2H3,(H2,15,18)(H,17,20)/p+1/b19-11-. The molecule has 0 aromatic carbocycles. The Kier molecular flexibility index (Phi) is 4.58. The zero-order valence-electron chi connectivity index (χ0n) is 12.9. The van der Waals surface area contributed by atoms with Crippen molar-refractivity contribution in [3.63, 3.8) is 0 Å². The Morgan fingerprint density at radius 3 is 3.13 bits per heavy atom. The van der Waals surface area contributed by atoms with E-state index in [9.17, 15) is 4.79 Å². The van der Waals surface area contributed by atoms with Gasteiger partial charge in [0.05, 0.1) is 10.9 Å². The van der Waals surface area contributed by atoms with Gasteiger partial charge in [-0.15, -0.1) is 11.3 Å². The number of nitrogens with one attached hydrogen (secondary N) is 2. The van der Waals surface area contributed by atoms with E-state index in [0.29, 0.717) is 10.8 Å². The van der Waals surface area contributed by atoms with Crippen LogP contribution < -0.4 is 16.0 Å². The number of amides is 1. The molecule has 0 spiro atoms. The molecule has 122 valence electrons. The molecule has 1 aliphatic carbocycles. The van der Waals surface area contributed by atoms with Gasteiger partial charge < -0.3 is 15.9 Å². The molecule has 23 heavy (non-hydrogen) atoms. The van der Waals surface area contributed by atoms with E-state index in [1.807, 2.05) is 6.92 Å². The number of fused-ring (bicyclic) bond motifs is 1. The molecule has 0 radical (unpaired) electrons. The molecule has 2 aromatic rings. The molecule has 1 aliphatic rings. The quantitative estimate of drug-likeness (QED) is 0.642. The van der Waals surface area contributed by atoms with E-state index >= 15 is 0 Å². The van der Waals surface area contributed by atoms with Crippen molar-refractivity contribution in [2.45, 2.75) is 32.2 Å². The first kappa shape index (κ1) is 15.9. The topological polar surface area (TPSA) is 104 Å². The maximum absolute atomic E-state index is 12.6. The average molecular weight is 352 g/mol. The van der Waals surface area contributed by atoms with Crippen LogP contribution in [-0.2, 0) is 16.1 Å². The molecule has 1 unspecified atom stereocenters. The second kappa shape index (κ2) is 6.63. The summed E-state index contributed by atoms with van der Waals surface area (Å²) >= 11 is 2.95. The third-order valence-electron chi connectivity index (χ3n) is 3.59. The molecule has 2 heterocycles. The Morgan fingerprint density at radius 2 is 2.43 bits per heavy atom. The molecule has 0 saturated carbocycles. The number of oxime groups is 1. The first-order chi connectivity index (χ1) is 11.1. The molecule has 0 bridgehead atoms. The minimum Gasteiger partial charge on any atom is -0.398 e. The highest BCUT2D eigenvalue weighted by molar-refractivity contribution is 7.13. The number of carbonyl (C=O) groups excluding carboxylic acids is 1. The summed E-state index contributed by atoms with van der Waals surface area (Å²) in [5.74, 6) is -0.305. The van der Waals surface area contributed by atoms with Gasteiger partial charge >= 0.3 is 0 Å². The number of carbonyl (C=O) groups is 1. The number of rotatable bonds is 4. The smallest absolute Gasteiger partial charge is 0.276 e. The van der Waals surface area contributed by atoms with Crippen molar-refractivity contribution in [1.82, 2.24) is 10.3 Å². The fourth-order valence-corrected chi connectivity index (χ4v) is 4.31. The summed E-state index contributed by atoms with van der Waals surface area (Å²) in [6.07, 6.45) is 2.96. The number of hydrogen-bond donors (Lipinski definition) is 2.